The Morgan fingerprint density at radius 1 is 1.04 bits per heavy atom. The second-order valence-corrected chi connectivity index (χ2v) is 7.55. The van der Waals surface area contributed by atoms with Crippen molar-refractivity contribution in [3.8, 4) is 11.3 Å². The van der Waals surface area contributed by atoms with Crippen LogP contribution < -0.4 is 0 Å². The fourth-order valence-corrected chi connectivity index (χ4v) is 3.33. The number of pyridine rings is 1. The van der Waals surface area contributed by atoms with E-state index in [2.05, 4.69) is 62.2 Å². The third kappa shape index (κ3) is 4.52. The number of nitrogens with zero attached hydrogens (tertiary/aromatic N) is 1. The molecule has 0 aliphatic heterocycles. The minimum absolute atomic E-state index is 0. The van der Waals surface area contributed by atoms with Crippen LogP contribution in [0.4, 0.5) is 0 Å². The summed E-state index contributed by atoms with van der Waals surface area (Å²) < 4.78 is 0. The number of benzene rings is 1. The zero-order chi connectivity index (χ0) is 15.6. The van der Waals surface area contributed by atoms with Crippen LogP contribution in [0.25, 0.3) is 11.3 Å². The molecule has 0 saturated heterocycles. The first-order valence-corrected chi connectivity index (χ1v) is 8.52. The van der Waals surface area contributed by atoms with Crippen LogP contribution in [0.5, 0.6) is 0 Å². The summed E-state index contributed by atoms with van der Waals surface area (Å²) in [6.07, 6.45) is 8.76. The molecule has 0 unspecified atom stereocenters. The summed E-state index contributed by atoms with van der Waals surface area (Å²) in [4.78, 5) is 4.57. The van der Waals surface area contributed by atoms with Crippen LogP contribution in [0, 0.1) is 6.07 Å². The van der Waals surface area contributed by atoms with Crippen molar-refractivity contribution < 1.29 is 20.1 Å². The molecule has 1 aliphatic rings. The zero-order valence-electron chi connectivity index (χ0n) is 14.4. The Kier molecular flexibility index (Phi) is 6.17. The summed E-state index contributed by atoms with van der Waals surface area (Å²) in [5.41, 5.74) is 5.11. The molecule has 1 heterocycles. The topological polar surface area (TPSA) is 12.9 Å². The monoisotopic (exact) mass is 485 g/mol. The van der Waals surface area contributed by atoms with Gasteiger partial charge in [0.15, 0.2) is 0 Å². The maximum Gasteiger partial charge on any atom is 0.0163 e. The van der Waals surface area contributed by atoms with E-state index in [1.165, 1.54) is 43.2 Å². The van der Waals surface area contributed by atoms with Crippen molar-refractivity contribution in [3.05, 3.63) is 53.7 Å². The van der Waals surface area contributed by atoms with Crippen molar-refractivity contribution in [2.75, 3.05) is 0 Å². The predicted molar refractivity (Wildman–Crippen MR) is 93.0 cm³/mol. The van der Waals surface area contributed by atoms with Crippen molar-refractivity contribution in [1.29, 1.82) is 0 Å². The second kappa shape index (κ2) is 7.73. The Balaban J connectivity index is 0.00000192. The fraction of sp³-hybridized carbons (Fsp3) is 0.476. The van der Waals surface area contributed by atoms with Crippen LogP contribution in [0.1, 0.15) is 69.9 Å². The molecule has 2 heteroatoms. The summed E-state index contributed by atoms with van der Waals surface area (Å²) in [5, 5.41) is 0. The van der Waals surface area contributed by atoms with E-state index >= 15 is 0 Å². The van der Waals surface area contributed by atoms with Crippen LogP contribution in [-0.4, -0.2) is 4.98 Å². The Morgan fingerprint density at radius 2 is 1.78 bits per heavy atom. The molecule has 0 atom stereocenters. The molecule has 125 valence electrons. The van der Waals surface area contributed by atoms with E-state index in [1.54, 1.807) is 0 Å². The van der Waals surface area contributed by atoms with Crippen molar-refractivity contribution in [2.24, 2.45) is 0 Å². The summed E-state index contributed by atoms with van der Waals surface area (Å²) in [5.74, 6) is 0.726. The van der Waals surface area contributed by atoms with Crippen molar-refractivity contribution in [3.63, 3.8) is 0 Å². The second-order valence-electron chi connectivity index (χ2n) is 7.55. The normalized spacial score (nSPS) is 16.0. The summed E-state index contributed by atoms with van der Waals surface area (Å²) in [6.45, 7) is 6.70. The van der Waals surface area contributed by atoms with E-state index in [-0.39, 0.29) is 25.5 Å². The first-order chi connectivity index (χ1) is 10.5. The van der Waals surface area contributed by atoms with E-state index < -0.39 is 0 Å². The van der Waals surface area contributed by atoms with Gasteiger partial charge in [0.25, 0.3) is 0 Å². The van der Waals surface area contributed by atoms with Gasteiger partial charge >= 0.3 is 0 Å². The number of hydrogen-bond donors (Lipinski definition) is 0. The molecule has 1 aromatic carbocycles. The average molecular weight is 485 g/mol. The molecular weight excluding hydrogens is 458 g/mol. The van der Waals surface area contributed by atoms with E-state index in [0.29, 0.717) is 0 Å². The van der Waals surface area contributed by atoms with Crippen LogP contribution in [0.15, 0.2) is 36.5 Å². The van der Waals surface area contributed by atoms with Gasteiger partial charge < -0.3 is 4.98 Å². The van der Waals surface area contributed by atoms with Gasteiger partial charge in [0.1, 0.15) is 0 Å². The van der Waals surface area contributed by atoms with Gasteiger partial charge in [0.2, 0.25) is 0 Å². The van der Waals surface area contributed by atoms with Gasteiger partial charge in [-0.1, -0.05) is 51.7 Å². The van der Waals surface area contributed by atoms with Crippen molar-refractivity contribution in [1.82, 2.24) is 4.98 Å². The molecule has 1 aromatic heterocycles. The summed E-state index contributed by atoms with van der Waals surface area (Å²) in [7, 11) is 0. The molecule has 3 rings (SSSR count). The van der Waals surface area contributed by atoms with Gasteiger partial charge in [-0.25, -0.2) is 0 Å². The molecule has 1 saturated carbocycles. The molecule has 0 bridgehead atoms. The average Bonchev–Trinajstić information content (AvgIpc) is 2.55. The smallest absolute Gasteiger partial charge is 0.0163 e. The fourth-order valence-electron chi connectivity index (χ4n) is 3.33. The number of rotatable bonds is 2. The number of hydrogen-bond acceptors (Lipinski definition) is 1. The van der Waals surface area contributed by atoms with Crippen LogP contribution >= 0.6 is 0 Å². The standard InChI is InChI=1S/C21H26N.Ir/c1-21(2,3)19-11-9-17(10-12-19)20-15-18(13-14-22-20)16-7-5-4-6-8-16;/h9,11-16H,4-8H2,1-3H3;/q-1;. The largest absolute Gasteiger partial charge is 0.305 e. The van der Waals surface area contributed by atoms with Gasteiger partial charge in [-0.2, -0.15) is 0 Å². The third-order valence-electron chi connectivity index (χ3n) is 4.82. The molecule has 1 aliphatic carbocycles. The summed E-state index contributed by atoms with van der Waals surface area (Å²) in [6, 6.07) is 14.4. The van der Waals surface area contributed by atoms with E-state index in [9.17, 15) is 0 Å². The van der Waals surface area contributed by atoms with Gasteiger partial charge in [-0.3, -0.25) is 0 Å². The Labute approximate surface area is 154 Å². The van der Waals surface area contributed by atoms with Crippen molar-refractivity contribution >= 4 is 0 Å². The molecule has 0 N–H and O–H groups in total. The first-order valence-electron chi connectivity index (χ1n) is 8.52. The molecule has 23 heavy (non-hydrogen) atoms. The Morgan fingerprint density at radius 3 is 2.39 bits per heavy atom. The minimum Gasteiger partial charge on any atom is -0.305 e. The SMILES string of the molecule is CC(C)(C)c1c[c-]c(-c2cc(C3CCCCC3)ccn2)cc1.[Ir]. The quantitative estimate of drug-likeness (QED) is 0.484. The Hall–Kier alpha value is -0.981. The van der Waals surface area contributed by atoms with Gasteiger partial charge in [0.05, 0.1) is 0 Å². The minimum atomic E-state index is 0. The predicted octanol–water partition coefficient (Wildman–Crippen LogP) is 5.89. The van der Waals surface area contributed by atoms with Gasteiger partial charge in [-0.15, -0.1) is 35.4 Å². The van der Waals surface area contributed by atoms with E-state index in [1.807, 2.05) is 6.20 Å². The molecule has 1 nitrogen and oxygen atoms in total. The maximum atomic E-state index is 4.57. The van der Waals surface area contributed by atoms with E-state index in [0.717, 1.165) is 17.2 Å². The molecule has 0 spiro atoms. The molecular formula is C21H26IrN-. The third-order valence-corrected chi connectivity index (χ3v) is 4.82. The van der Waals surface area contributed by atoms with Crippen LogP contribution in [0.2, 0.25) is 0 Å². The number of aromatic nitrogens is 1. The molecule has 0 amide bonds. The van der Waals surface area contributed by atoms with Crippen LogP contribution in [-0.2, 0) is 25.5 Å². The molecule has 1 fully saturated rings. The van der Waals surface area contributed by atoms with Gasteiger partial charge in [0, 0.05) is 26.3 Å². The van der Waals surface area contributed by atoms with E-state index in [4.69, 9.17) is 0 Å². The molecule has 1 radical (unpaired) electrons. The Bertz CT molecular complexity index is 619. The molecule has 2 aromatic rings. The summed E-state index contributed by atoms with van der Waals surface area (Å²) >= 11 is 0. The van der Waals surface area contributed by atoms with Gasteiger partial charge in [-0.05, 0) is 35.9 Å². The van der Waals surface area contributed by atoms with Crippen LogP contribution in [0.3, 0.4) is 0 Å². The maximum absolute atomic E-state index is 4.57. The first kappa shape index (κ1) is 18.4. The zero-order valence-corrected chi connectivity index (χ0v) is 16.8. The van der Waals surface area contributed by atoms with Crippen molar-refractivity contribution in [2.45, 2.75) is 64.2 Å².